The van der Waals surface area contributed by atoms with E-state index in [0.717, 1.165) is 25.9 Å². The molecule has 19 heavy (non-hydrogen) atoms. The van der Waals surface area contributed by atoms with Crippen molar-refractivity contribution in [2.45, 2.75) is 18.9 Å². The summed E-state index contributed by atoms with van der Waals surface area (Å²) in [5.41, 5.74) is 0.710. The third kappa shape index (κ3) is 2.69. The molecule has 3 unspecified atom stereocenters. The van der Waals surface area contributed by atoms with Crippen molar-refractivity contribution in [1.82, 2.24) is 4.90 Å². The van der Waals surface area contributed by atoms with Gasteiger partial charge in [0.05, 0.1) is 12.6 Å². The summed E-state index contributed by atoms with van der Waals surface area (Å²) in [6.45, 7) is 2.24. The Bertz CT molecular complexity index is 474. The number of fused-ring (bicyclic) bond motifs is 1. The van der Waals surface area contributed by atoms with Gasteiger partial charge >= 0.3 is 0 Å². The molecule has 0 amide bonds. The van der Waals surface area contributed by atoms with E-state index < -0.39 is 0 Å². The second kappa shape index (κ2) is 5.23. The van der Waals surface area contributed by atoms with Crippen LogP contribution in [0.25, 0.3) is 0 Å². The van der Waals surface area contributed by atoms with Crippen LogP contribution in [0.5, 0.6) is 0 Å². The van der Waals surface area contributed by atoms with Gasteiger partial charge < -0.3 is 5.11 Å². The molecule has 2 fully saturated rings. The van der Waals surface area contributed by atoms with Gasteiger partial charge in [-0.3, -0.25) is 9.69 Å². The number of Topliss-reactive ketones (excluding diaryl/α,β-unsaturated/α-hetero) is 1. The summed E-state index contributed by atoms with van der Waals surface area (Å²) in [7, 11) is 0. The first-order valence-corrected chi connectivity index (χ1v) is 7.20. The second-order valence-electron chi connectivity index (χ2n) is 5.69. The summed E-state index contributed by atoms with van der Waals surface area (Å²) >= 11 is 5.82. The number of carbonyl (C=O) groups is 1. The number of nitrogens with zero attached hydrogens (tertiary/aromatic N) is 1. The lowest BCUT2D eigenvalue weighted by molar-refractivity contribution is 0.0920. The molecule has 0 radical (unpaired) electrons. The van der Waals surface area contributed by atoms with Crippen LogP contribution < -0.4 is 0 Å². The van der Waals surface area contributed by atoms with Crippen molar-refractivity contribution in [3.63, 3.8) is 0 Å². The lowest BCUT2D eigenvalue weighted by atomic mass is 10.00. The molecule has 1 N–H and O–H groups in total. The molecule has 3 rings (SSSR count). The Morgan fingerprint density at radius 3 is 2.68 bits per heavy atom. The summed E-state index contributed by atoms with van der Waals surface area (Å²) in [6.07, 6.45) is 1.85. The topological polar surface area (TPSA) is 40.5 Å². The fourth-order valence-corrected chi connectivity index (χ4v) is 3.51. The molecule has 0 bridgehead atoms. The van der Waals surface area contributed by atoms with E-state index in [4.69, 9.17) is 11.6 Å². The summed E-state index contributed by atoms with van der Waals surface area (Å²) in [5, 5.41) is 10.5. The zero-order valence-electron chi connectivity index (χ0n) is 10.8. The number of hydrogen-bond donors (Lipinski definition) is 1. The van der Waals surface area contributed by atoms with Gasteiger partial charge in [-0.1, -0.05) is 11.6 Å². The van der Waals surface area contributed by atoms with E-state index in [-0.39, 0.29) is 11.9 Å². The van der Waals surface area contributed by atoms with Crippen molar-refractivity contribution in [1.29, 1.82) is 0 Å². The first kappa shape index (κ1) is 13.1. The summed E-state index contributed by atoms with van der Waals surface area (Å²) < 4.78 is 0. The van der Waals surface area contributed by atoms with Crippen LogP contribution in [0.2, 0.25) is 5.02 Å². The van der Waals surface area contributed by atoms with E-state index in [1.807, 2.05) is 0 Å². The van der Waals surface area contributed by atoms with Gasteiger partial charge in [-0.05, 0) is 43.0 Å². The fraction of sp³-hybridized carbons (Fsp3) is 0.533. The van der Waals surface area contributed by atoms with Gasteiger partial charge in [0.2, 0.25) is 0 Å². The Hall–Kier alpha value is -0.900. The van der Waals surface area contributed by atoms with Gasteiger partial charge in [-0.25, -0.2) is 0 Å². The van der Waals surface area contributed by atoms with E-state index in [1.165, 1.54) is 0 Å². The predicted octanol–water partition coefficient (Wildman–Crippen LogP) is 2.23. The average Bonchev–Trinajstić information content (AvgIpc) is 2.93. The molecule has 3 nitrogen and oxygen atoms in total. The molecule has 4 heteroatoms. The quantitative estimate of drug-likeness (QED) is 0.863. The lowest BCUT2D eigenvalue weighted by Gasteiger charge is -2.17. The fourth-order valence-electron chi connectivity index (χ4n) is 3.39. The maximum Gasteiger partial charge on any atom is 0.176 e. The highest BCUT2D eigenvalue weighted by atomic mass is 35.5. The van der Waals surface area contributed by atoms with E-state index in [9.17, 15) is 9.90 Å². The van der Waals surface area contributed by atoms with Gasteiger partial charge in [-0.2, -0.15) is 0 Å². The molecule has 1 saturated heterocycles. The van der Waals surface area contributed by atoms with Crippen LogP contribution in [0.3, 0.4) is 0 Å². The highest BCUT2D eigenvalue weighted by Gasteiger charge is 2.41. The van der Waals surface area contributed by atoms with Crippen LogP contribution in [-0.4, -0.2) is 41.5 Å². The van der Waals surface area contributed by atoms with Gasteiger partial charge in [0, 0.05) is 29.6 Å². The number of likely N-dealkylation sites (tertiary alicyclic amines) is 1. The van der Waals surface area contributed by atoms with E-state index >= 15 is 0 Å². The molecule has 2 aliphatic rings. The normalized spacial score (nSPS) is 30.5. The number of ketones is 1. The molecule has 1 aliphatic carbocycles. The third-order valence-corrected chi connectivity index (χ3v) is 4.68. The summed E-state index contributed by atoms with van der Waals surface area (Å²) in [6, 6.07) is 7.04. The molecule has 0 aromatic heterocycles. The van der Waals surface area contributed by atoms with E-state index in [0.29, 0.717) is 29.0 Å². The molecule has 1 aliphatic heterocycles. The van der Waals surface area contributed by atoms with Gasteiger partial charge in [0.15, 0.2) is 5.78 Å². The van der Waals surface area contributed by atoms with Gasteiger partial charge in [0.25, 0.3) is 0 Å². The van der Waals surface area contributed by atoms with Crippen molar-refractivity contribution >= 4 is 17.4 Å². The first-order valence-electron chi connectivity index (χ1n) is 6.82. The maximum absolute atomic E-state index is 12.2. The SMILES string of the molecule is O=C(CN1CC2CCC(O)C2C1)c1ccc(Cl)cc1. The van der Waals surface area contributed by atoms with Crippen LogP contribution in [0.15, 0.2) is 24.3 Å². The largest absolute Gasteiger partial charge is 0.393 e. The standard InChI is InChI=1S/C15H18ClNO2/c16-12-4-1-10(2-5-12)15(19)9-17-7-11-3-6-14(18)13(11)8-17/h1-2,4-5,11,13-14,18H,3,6-9H2. The number of hydrogen-bond acceptors (Lipinski definition) is 3. The van der Waals surface area contributed by atoms with Crippen LogP contribution in [0.4, 0.5) is 0 Å². The number of aliphatic hydroxyl groups is 1. The number of aliphatic hydroxyl groups excluding tert-OH is 1. The first-order chi connectivity index (χ1) is 9.13. The second-order valence-corrected chi connectivity index (χ2v) is 6.13. The van der Waals surface area contributed by atoms with Crippen LogP contribution in [-0.2, 0) is 0 Å². The predicted molar refractivity (Wildman–Crippen MR) is 74.4 cm³/mol. The minimum absolute atomic E-state index is 0.131. The van der Waals surface area contributed by atoms with E-state index in [1.54, 1.807) is 24.3 Å². The zero-order chi connectivity index (χ0) is 13.4. The van der Waals surface area contributed by atoms with Crippen molar-refractivity contribution in [3.8, 4) is 0 Å². The molecule has 1 saturated carbocycles. The monoisotopic (exact) mass is 279 g/mol. The van der Waals surface area contributed by atoms with Crippen LogP contribution >= 0.6 is 11.6 Å². The Morgan fingerprint density at radius 1 is 1.26 bits per heavy atom. The Labute approximate surface area is 118 Å². The van der Waals surface area contributed by atoms with Crippen molar-refractivity contribution in [3.05, 3.63) is 34.9 Å². The minimum atomic E-state index is -0.166. The number of benzene rings is 1. The number of carbonyl (C=O) groups excluding carboxylic acids is 1. The van der Waals surface area contributed by atoms with Crippen molar-refractivity contribution < 1.29 is 9.90 Å². The van der Waals surface area contributed by atoms with Crippen molar-refractivity contribution in [2.75, 3.05) is 19.6 Å². The Morgan fingerprint density at radius 2 is 2.00 bits per heavy atom. The maximum atomic E-state index is 12.2. The molecule has 1 aromatic rings. The molecule has 0 spiro atoms. The summed E-state index contributed by atoms with van der Waals surface area (Å²) in [4.78, 5) is 14.3. The minimum Gasteiger partial charge on any atom is -0.393 e. The Kier molecular flexibility index (Phi) is 3.61. The number of halogens is 1. The van der Waals surface area contributed by atoms with Crippen molar-refractivity contribution in [2.24, 2.45) is 11.8 Å². The number of rotatable bonds is 3. The smallest absolute Gasteiger partial charge is 0.176 e. The highest BCUT2D eigenvalue weighted by molar-refractivity contribution is 6.30. The zero-order valence-corrected chi connectivity index (χ0v) is 11.5. The van der Waals surface area contributed by atoms with E-state index in [2.05, 4.69) is 4.90 Å². The average molecular weight is 280 g/mol. The van der Waals surface area contributed by atoms with Gasteiger partial charge in [-0.15, -0.1) is 0 Å². The third-order valence-electron chi connectivity index (χ3n) is 4.43. The molecule has 1 aromatic carbocycles. The molecular formula is C15H18ClNO2. The summed E-state index contributed by atoms with van der Waals surface area (Å²) in [5.74, 6) is 1.08. The highest BCUT2D eigenvalue weighted by Crippen LogP contribution is 2.37. The lowest BCUT2D eigenvalue weighted by Crippen LogP contribution is -2.30. The van der Waals surface area contributed by atoms with Crippen LogP contribution in [0.1, 0.15) is 23.2 Å². The Balaban J connectivity index is 1.60. The van der Waals surface area contributed by atoms with Crippen LogP contribution in [0, 0.1) is 11.8 Å². The molecule has 102 valence electrons. The molecule has 3 atom stereocenters. The van der Waals surface area contributed by atoms with Gasteiger partial charge in [0.1, 0.15) is 0 Å². The molecule has 1 heterocycles. The molecular weight excluding hydrogens is 262 g/mol.